The van der Waals surface area contributed by atoms with Crippen molar-refractivity contribution in [2.45, 2.75) is 26.3 Å². The summed E-state index contributed by atoms with van der Waals surface area (Å²) in [6.07, 6.45) is 0.142. The number of amides is 2. The summed E-state index contributed by atoms with van der Waals surface area (Å²) in [7, 11) is 0. The van der Waals surface area contributed by atoms with E-state index in [1.165, 1.54) is 12.1 Å². The average Bonchev–Trinajstić information content (AvgIpc) is 2.45. The highest BCUT2D eigenvalue weighted by Gasteiger charge is 2.20. The minimum Gasteiger partial charge on any atom is -0.368 e. The van der Waals surface area contributed by atoms with Gasteiger partial charge in [-0.1, -0.05) is 29.3 Å². The Balaban J connectivity index is 2.15. The Labute approximate surface area is 134 Å². The van der Waals surface area contributed by atoms with E-state index in [1.807, 2.05) is 19.9 Å². The summed E-state index contributed by atoms with van der Waals surface area (Å²) in [6.45, 7) is 3.78. The molecule has 0 aliphatic rings. The molecule has 0 bridgehead atoms. The molecule has 120 valence electrons. The fourth-order valence-electron chi connectivity index (χ4n) is 2.47. The Bertz CT molecular complexity index is 723. The van der Waals surface area contributed by atoms with Crippen LogP contribution in [0.15, 0.2) is 42.5 Å². The smallest absolute Gasteiger partial charge is 0.251 e. The molecule has 0 saturated heterocycles. The van der Waals surface area contributed by atoms with E-state index in [1.54, 1.807) is 24.3 Å². The van der Waals surface area contributed by atoms with E-state index in [0.717, 1.165) is 11.1 Å². The molecule has 0 heterocycles. The minimum absolute atomic E-state index is 0.142. The first-order valence-corrected chi connectivity index (χ1v) is 7.28. The second kappa shape index (κ2) is 7.05. The van der Waals surface area contributed by atoms with Crippen molar-refractivity contribution in [1.29, 1.82) is 0 Å². The largest absolute Gasteiger partial charge is 0.368 e. The molecule has 0 aliphatic heterocycles. The third-order valence-electron chi connectivity index (χ3n) is 3.46. The van der Waals surface area contributed by atoms with E-state index in [9.17, 15) is 14.0 Å². The number of aryl methyl sites for hydroxylation is 2. The molecule has 2 aromatic carbocycles. The third-order valence-corrected chi connectivity index (χ3v) is 3.46. The van der Waals surface area contributed by atoms with Crippen molar-refractivity contribution >= 4 is 11.8 Å². The Kier molecular flexibility index (Phi) is 5.11. The standard InChI is InChI=1S/C18H19FN2O2/c1-11-6-12(2)8-14(7-11)18(23)21-16(17(20)22)10-13-4-3-5-15(19)9-13/h3-9,16H,10H2,1-2H3,(H2,20,22)(H,21,23)/t16-/m0/s1. The zero-order valence-corrected chi connectivity index (χ0v) is 13.1. The Morgan fingerprint density at radius 3 is 2.35 bits per heavy atom. The summed E-state index contributed by atoms with van der Waals surface area (Å²) in [4.78, 5) is 23.9. The highest BCUT2D eigenvalue weighted by molar-refractivity contribution is 5.97. The molecule has 0 saturated carbocycles. The lowest BCUT2D eigenvalue weighted by molar-refractivity contribution is -0.119. The number of carbonyl (C=O) groups excluding carboxylic acids is 2. The molecule has 2 rings (SSSR count). The van der Waals surface area contributed by atoms with Crippen LogP contribution in [0.5, 0.6) is 0 Å². The molecule has 0 fully saturated rings. The first-order valence-electron chi connectivity index (χ1n) is 7.28. The monoisotopic (exact) mass is 314 g/mol. The fourth-order valence-corrected chi connectivity index (χ4v) is 2.47. The molecular weight excluding hydrogens is 295 g/mol. The Hall–Kier alpha value is -2.69. The van der Waals surface area contributed by atoms with Crippen LogP contribution in [0.25, 0.3) is 0 Å². The minimum atomic E-state index is -0.898. The van der Waals surface area contributed by atoms with Gasteiger partial charge in [-0.25, -0.2) is 4.39 Å². The van der Waals surface area contributed by atoms with Crippen LogP contribution in [0.3, 0.4) is 0 Å². The molecule has 3 N–H and O–H groups in total. The summed E-state index contributed by atoms with van der Waals surface area (Å²) < 4.78 is 13.2. The zero-order chi connectivity index (χ0) is 17.0. The van der Waals surface area contributed by atoms with Crippen molar-refractivity contribution in [1.82, 2.24) is 5.32 Å². The van der Waals surface area contributed by atoms with Crippen LogP contribution in [0.4, 0.5) is 4.39 Å². The molecule has 4 nitrogen and oxygen atoms in total. The van der Waals surface area contributed by atoms with Crippen LogP contribution in [-0.2, 0) is 11.2 Å². The average molecular weight is 314 g/mol. The number of halogens is 1. The van der Waals surface area contributed by atoms with Crippen molar-refractivity contribution in [2.24, 2.45) is 5.73 Å². The van der Waals surface area contributed by atoms with E-state index in [2.05, 4.69) is 5.32 Å². The van der Waals surface area contributed by atoms with Crippen LogP contribution in [0.1, 0.15) is 27.0 Å². The van der Waals surface area contributed by atoms with Gasteiger partial charge in [-0.3, -0.25) is 9.59 Å². The van der Waals surface area contributed by atoms with Gasteiger partial charge in [0.2, 0.25) is 5.91 Å². The normalized spacial score (nSPS) is 11.8. The summed E-state index contributed by atoms with van der Waals surface area (Å²) in [5, 5.41) is 2.62. The van der Waals surface area contributed by atoms with Gasteiger partial charge in [0.25, 0.3) is 5.91 Å². The van der Waals surface area contributed by atoms with E-state index in [-0.39, 0.29) is 12.3 Å². The number of hydrogen-bond acceptors (Lipinski definition) is 2. The first-order chi connectivity index (χ1) is 10.8. The maximum absolute atomic E-state index is 13.2. The number of rotatable bonds is 5. The van der Waals surface area contributed by atoms with Gasteiger partial charge < -0.3 is 11.1 Å². The van der Waals surface area contributed by atoms with E-state index < -0.39 is 17.8 Å². The maximum Gasteiger partial charge on any atom is 0.251 e. The van der Waals surface area contributed by atoms with Crippen molar-refractivity contribution in [3.63, 3.8) is 0 Å². The lowest BCUT2D eigenvalue weighted by atomic mass is 10.0. The van der Waals surface area contributed by atoms with Crippen LogP contribution in [0, 0.1) is 19.7 Å². The predicted molar refractivity (Wildman–Crippen MR) is 86.5 cm³/mol. The molecule has 23 heavy (non-hydrogen) atoms. The summed E-state index contributed by atoms with van der Waals surface area (Å²) in [5.74, 6) is -1.43. The van der Waals surface area contributed by atoms with Gasteiger partial charge in [-0.05, 0) is 43.7 Å². The molecule has 0 unspecified atom stereocenters. The second-order valence-corrected chi connectivity index (χ2v) is 5.64. The quantitative estimate of drug-likeness (QED) is 0.888. The molecule has 0 radical (unpaired) electrons. The zero-order valence-electron chi connectivity index (χ0n) is 13.1. The number of carbonyl (C=O) groups is 2. The molecule has 0 aromatic heterocycles. The number of hydrogen-bond donors (Lipinski definition) is 2. The molecule has 0 spiro atoms. The molecule has 5 heteroatoms. The number of nitrogens with two attached hydrogens (primary N) is 1. The SMILES string of the molecule is Cc1cc(C)cc(C(=O)N[C@@H](Cc2cccc(F)c2)C(N)=O)c1. The highest BCUT2D eigenvalue weighted by atomic mass is 19.1. The van der Waals surface area contributed by atoms with Crippen molar-refractivity contribution in [2.75, 3.05) is 0 Å². The third kappa shape index (κ3) is 4.64. The first kappa shape index (κ1) is 16.7. The van der Waals surface area contributed by atoms with Gasteiger partial charge in [-0.2, -0.15) is 0 Å². The Morgan fingerprint density at radius 2 is 1.78 bits per heavy atom. The van der Waals surface area contributed by atoms with Gasteiger partial charge >= 0.3 is 0 Å². The molecule has 1 atom stereocenters. The molecule has 0 aliphatic carbocycles. The number of benzene rings is 2. The summed E-state index contributed by atoms with van der Waals surface area (Å²) >= 11 is 0. The number of nitrogens with one attached hydrogen (secondary N) is 1. The predicted octanol–water partition coefficient (Wildman–Crippen LogP) is 2.27. The van der Waals surface area contributed by atoms with Crippen LogP contribution < -0.4 is 11.1 Å². The maximum atomic E-state index is 13.2. The summed E-state index contributed by atoms with van der Waals surface area (Å²) in [6, 6.07) is 10.4. The van der Waals surface area contributed by atoms with Crippen molar-refractivity contribution in [3.05, 3.63) is 70.5 Å². The molecular formula is C18H19FN2O2. The van der Waals surface area contributed by atoms with E-state index in [0.29, 0.717) is 11.1 Å². The summed E-state index contributed by atoms with van der Waals surface area (Å²) in [5.41, 5.74) is 8.33. The lowest BCUT2D eigenvalue weighted by Crippen LogP contribution is -2.45. The Morgan fingerprint density at radius 1 is 1.13 bits per heavy atom. The van der Waals surface area contributed by atoms with Gasteiger partial charge in [0.15, 0.2) is 0 Å². The van der Waals surface area contributed by atoms with Gasteiger partial charge in [0, 0.05) is 12.0 Å². The van der Waals surface area contributed by atoms with Gasteiger partial charge in [0.1, 0.15) is 11.9 Å². The topological polar surface area (TPSA) is 72.2 Å². The lowest BCUT2D eigenvalue weighted by Gasteiger charge is -2.16. The van der Waals surface area contributed by atoms with Crippen LogP contribution in [-0.4, -0.2) is 17.9 Å². The number of primary amides is 1. The van der Waals surface area contributed by atoms with Crippen LogP contribution >= 0.6 is 0 Å². The highest BCUT2D eigenvalue weighted by Crippen LogP contribution is 2.11. The van der Waals surface area contributed by atoms with Crippen molar-refractivity contribution < 1.29 is 14.0 Å². The second-order valence-electron chi connectivity index (χ2n) is 5.64. The molecule has 2 aromatic rings. The fraction of sp³-hybridized carbons (Fsp3) is 0.222. The van der Waals surface area contributed by atoms with E-state index in [4.69, 9.17) is 5.73 Å². The van der Waals surface area contributed by atoms with Crippen LogP contribution in [0.2, 0.25) is 0 Å². The van der Waals surface area contributed by atoms with E-state index >= 15 is 0 Å². The van der Waals surface area contributed by atoms with Gasteiger partial charge in [0.05, 0.1) is 0 Å². The molecule has 2 amide bonds. The van der Waals surface area contributed by atoms with Crippen molar-refractivity contribution in [3.8, 4) is 0 Å². The van der Waals surface area contributed by atoms with Gasteiger partial charge in [-0.15, -0.1) is 0 Å².